The van der Waals surface area contributed by atoms with E-state index in [0.717, 1.165) is 0 Å². The molecule has 0 aromatic heterocycles. The van der Waals surface area contributed by atoms with E-state index >= 15 is 0 Å². The Kier molecular flexibility index (Phi) is 6.35. The van der Waals surface area contributed by atoms with E-state index in [1.807, 2.05) is 0 Å². The van der Waals surface area contributed by atoms with Crippen molar-refractivity contribution in [1.82, 2.24) is 0 Å². The minimum absolute atomic E-state index is 1.24. The lowest BCUT2D eigenvalue weighted by atomic mass is 9.81. The SMILES string of the molecule is c1ccc2c(-c3ccc4c(ccc5ccccc54)c3-c3ccc4c(ccc5ccccc54)c3-c3cccc4c3ccc3ccccc34)cccc2c1. The second-order valence-corrected chi connectivity index (χ2v) is 14.0. The molecule has 0 aliphatic rings. The van der Waals surface area contributed by atoms with E-state index in [4.69, 9.17) is 0 Å². The fraction of sp³-hybridized carbons (Fsp3) is 0. The van der Waals surface area contributed by atoms with Crippen LogP contribution in [0.2, 0.25) is 0 Å². The van der Waals surface area contributed by atoms with E-state index in [2.05, 4.69) is 194 Å². The maximum absolute atomic E-state index is 2.41. The minimum Gasteiger partial charge on any atom is -0.0616 e. The molecule has 0 atom stereocenters. The lowest BCUT2D eigenvalue weighted by Crippen LogP contribution is -1.95. The van der Waals surface area contributed by atoms with Gasteiger partial charge in [-0.3, -0.25) is 0 Å². The molecule has 11 aromatic carbocycles. The third-order valence-electron chi connectivity index (χ3n) is 11.3. The van der Waals surface area contributed by atoms with Crippen molar-refractivity contribution in [3.63, 3.8) is 0 Å². The highest BCUT2D eigenvalue weighted by Crippen LogP contribution is 2.49. The topological polar surface area (TPSA) is 0 Å². The molecule has 52 heavy (non-hydrogen) atoms. The summed E-state index contributed by atoms with van der Waals surface area (Å²) in [5.74, 6) is 0. The number of hydrogen-bond acceptors (Lipinski definition) is 0. The third-order valence-corrected chi connectivity index (χ3v) is 11.3. The second kappa shape index (κ2) is 11.4. The van der Waals surface area contributed by atoms with Gasteiger partial charge in [-0.05, 0) is 109 Å². The monoisotopic (exact) mass is 656 g/mol. The van der Waals surface area contributed by atoms with Crippen molar-refractivity contribution in [2.24, 2.45) is 0 Å². The Morgan fingerprint density at radius 2 is 0.519 bits per heavy atom. The summed E-state index contributed by atoms with van der Waals surface area (Å²) in [7, 11) is 0. The van der Waals surface area contributed by atoms with Crippen LogP contribution in [0.15, 0.2) is 194 Å². The molecule has 0 heteroatoms. The fourth-order valence-electron chi connectivity index (χ4n) is 8.91. The summed E-state index contributed by atoms with van der Waals surface area (Å²) in [6, 6.07) is 72.1. The van der Waals surface area contributed by atoms with Crippen LogP contribution in [0.4, 0.5) is 0 Å². The molecule has 0 nitrogen and oxygen atoms in total. The average molecular weight is 657 g/mol. The van der Waals surface area contributed by atoms with Crippen LogP contribution in [0, 0.1) is 0 Å². The van der Waals surface area contributed by atoms with Crippen LogP contribution in [-0.4, -0.2) is 0 Å². The van der Waals surface area contributed by atoms with E-state index in [1.165, 1.54) is 109 Å². The minimum atomic E-state index is 1.24. The number of rotatable bonds is 3. The quantitative estimate of drug-likeness (QED) is 0.166. The van der Waals surface area contributed by atoms with Crippen LogP contribution >= 0.6 is 0 Å². The molecule has 0 saturated carbocycles. The first-order valence-corrected chi connectivity index (χ1v) is 18.1. The van der Waals surface area contributed by atoms with E-state index in [-0.39, 0.29) is 0 Å². The molecule has 11 rings (SSSR count). The summed E-state index contributed by atoms with van der Waals surface area (Å²) in [5, 5.41) is 17.7. The molecule has 0 N–H and O–H groups in total. The van der Waals surface area contributed by atoms with Gasteiger partial charge in [0, 0.05) is 0 Å². The van der Waals surface area contributed by atoms with Crippen LogP contribution in [-0.2, 0) is 0 Å². The zero-order valence-corrected chi connectivity index (χ0v) is 28.5. The molecule has 11 aromatic rings. The highest BCUT2D eigenvalue weighted by atomic mass is 14.2. The van der Waals surface area contributed by atoms with Crippen LogP contribution in [0.5, 0.6) is 0 Å². The van der Waals surface area contributed by atoms with Gasteiger partial charge in [-0.1, -0.05) is 194 Å². The van der Waals surface area contributed by atoms with Crippen molar-refractivity contribution in [2.45, 2.75) is 0 Å². The first-order valence-electron chi connectivity index (χ1n) is 18.1. The van der Waals surface area contributed by atoms with Crippen LogP contribution in [0.1, 0.15) is 0 Å². The predicted molar refractivity (Wildman–Crippen MR) is 225 cm³/mol. The lowest BCUT2D eigenvalue weighted by molar-refractivity contribution is 1.64. The summed E-state index contributed by atoms with van der Waals surface area (Å²) >= 11 is 0. The standard InChI is InChI=1S/C52H32/c1-5-16-37-33(11-1)15-9-20-42(37)49-31-29-43-39-18-7-3-13-35(39)25-28-48(43)52(49)50-32-30-44-40-19-8-4-14-36(40)24-27-47(44)51(50)46-22-10-21-41-38-17-6-2-12-34(38)23-26-45(41)46/h1-32H. The number of fused-ring (bicyclic) bond motifs is 10. The fourth-order valence-corrected chi connectivity index (χ4v) is 8.91. The van der Waals surface area contributed by atoms with Gasteiger partial charge >= 0.3 is 0 Å². The molecule has 0 aliphatic heterocycles. The van der Waals surface area contributed by atoms with Gasteiger partial charge < -0.3 is 0 Å². The van der Waals surface area contributed by atoms with Crippen molar-refractivity contribution in [1.29, 1.82) is 0 Å². The summed E-state index contributed by atoms with van der Waals surface area (Å²) < 4.78 is 0. The van der Waals surface area contributed by atoms with E-state index in [9.17, 15) is 0 Å². The van der Waals surface area contributed by atoms with Gasteiger partial charge in [-0.25, -0.2) is 0 Å². The molecule has 240 valence electrons. The maximum atomic E-state index is 2.41. The molecule has 0 aliphatic carbocycles. The van der Waals surface area contributed by atoms with Gasteiger partial charge in [0.2, 0.25) is 0 Å². The van der Waals surface area contributed by atoms with Gasteiger partial charge in [-0.2, -0.15) is 0 Å². The van der Waals surface area contributed by atoms with E-state index in [1.54, 1.807) is 0 Å². The van der Waals surface area contributed by atoms with Crippen LogP contribution in [0.25, 0.3) is 109 Å². The summed E-state index contributed by atoms with van der Waals surface area (Å²) in [5.41, 5.74) is 7.52. The molecule has 0 saturated heterocycles. The van der Waals surface area contributed by atoms with E-state index < -0.39 is 0 Å². The first-order chi connectivity index (χ1) is 25.8. The highest BCUT2D eigenvalue weighted by Gasteiger charge is 2.22. The zero-order valence-electron chi connectivity index (χ0n) is 28.5. The largest absolute Gasteiger partial charge is 0.0616 e. The Hall–Kier alpha value is -6.76. The number of hydrogen-bond donors (Lipinski definition) is 0. The first kappa shape index (κ1) is 29.0. The van der Waals surface area contributed by atoms with Gasteiger partial charge in [0.25, 0.3) is 0 Å². The van der Waals surface area contributed by atoms with Crippen molar-refractivity contribution in [3.8, 4) is 33.4 Å². The Balaban J connectivity index is 1.35. The van der Waals surface area contributed by atoms with Crippen molar-refractivity contribution >= 4 is 75.4 Å². The Morgan fingerprint density at radius 3 is 1.12 bits per heavy atom. The second-order valence-electron chi connectivity index (χ2n) is 14.0. The van der Waals surface area contributed by atoms with Crippen LogP contribution in [0.3, 0.4) is 0 Å². The third kappa shape index (κ3) is 4.28. The van der Waals surface area contributed by atoms with Crippen molar-refractivity contribution in [2.75, 3.05) is 0 Å². The summed E-state index contributed by atoms with van der Waals surface area (Å²) in [6.07, 6.45) is 0. The molecule has 0 unspecified atom stereocenters. The molecular formula is C52H32. The molecule has 0 spiro atoms. The highest BCUT2D eigenvalue weighted by molar-refractivity contribution is 6.24. The molecule has 0 fully saturated rings. The smallest absolute Gasteiger partial charge is 0.00199 e. The Morgan fingerprint density at radius 1 is 0.154 bits per heavy atom. The predicted octanol–water partition coefficient (Wildman–Crippen LogP) is 14.8. The van der Waals surface area contributed by atoms with Gasteiger partial charge in [0.1, 0.15) is 0 Å². The van der Waals surface area contributed by atoms with Gasteiger partial charge in [-0.15, -0.1) is 0 Å². The molecular weight excluding hydrogens is 625 g/mol. The maximum Gasteiger partial charge on any atom is -0.00199 e. The van der Waals surface area contributed by atoms with E-state index in [0.29, 0.717) is 0 Å². The summed E-state index contributed by atoms with van der Waals surface area (Å²) in [6.45, 7) is 0. The van der Waals surface area contributed by atoms with Gasteiger partial charge in [0.15, 0.2) is 0 Å². The molecule has 0 radical (unpaired) electrons. The lowest BCUT2D eigenvalue weighted by Gasteiger charge is -2.22. The summed E-state index contributed by atoms with van der Waals surface area (Å²) in [4.78, 5) is 0. The normalized spacial score (nSPS) is 11.8. The van der Waals surface area contributed by atoms with Crippen LogP contribution < -0.4 is 0 Å². The zero-order chi connectivity index (χ0) is 34.2. The number of benzene rings is 11. The molecule has 0 bridgehead atoms. The Bertz CT molecular complexity index is 3230. The van der Waals surface area contributed by atoms with Gasteiger partial charge in [0.05, 0.1) is 0 Å². The average Bonchev–Trinajstić information content (AvgIpc) is 3.22. The van der Waals surface area contributed by atoms with Crippen molar-refractivity contribution in [3.05, 3.63) is 194 Å². The Labute approximate surface area is 301 Å². The van der Waals surface area contributed by atoms with Crippen molar-refractivity contribution < 1.29 is 0 Å². The molecule has 0 heterocycles. The molecule has 0 amide bonds.